The van der Waals surface area contributed by atoms with Crippen LogP contribution in [-0.4, -0.2) is 22.3 Å². The first kappa shape index (κ1) is 9.93. The lowest BCUT2D eigenvalue weighted by molar-refractivity contribution is 1.06. The second kappa shape index (κ2) is 5.70. The fourth-order valence-corrected chi connectivity index (χ4v) is 1.84. The zero-order chi connectivity index (χ0) is 7.28. The number of alkyl halides is 2. The van der Waals surface area contributed by atoms with Gasteiger partial charge in [0.15, 0.2) is 0 Å². The SMILES string of the molecule is C[C@H](CCl)S[C@H](C)CCl. The van der Waals surface area contributed by atoms with Crippen LogP contribution in [-0.2, 0) is 0 Å². The third kappa shape index (κ3) is 5.38. The van der Waals surface area contributed by atoms with Crippen LogP contribution in [0.4, 0.5) is 0 Å². The summed E-state index contributed by atoms with van der Waals surface area (Å²) in [7, 11) is 0. The number of thioether (sulfide) groups is 1. The Balaban J connectivity index is 3.22. The zero-order valence-corrected chi connectivity index (χ0v) is 8.06. The summed E-state index contributed by atoms with van der Waals surface area (Å²) in [5.74, 6) is 1.43. The van der Waals surface area contributed by atoms with Gasteiger partial charge in [-0.1, -0.05) is 13.8 Å². The summed E-state index contributed by atoms with van der Waals surface area (Å²) in [6.07, 6.45) is 0. The normalized spacial score (nSPS) is 17.3. The van der Waals surface area contributed by atoms with Crippen LogP contribution in [0.15, 0.2) is 0 Å². The van der Waals surface area contributed by atoms with Crippen molar-refractivity contribution in [1.29, 1.82) is 0 Å². The molecule has 56 valence electrons. The predicted molar refractivity (Wildman–Crippen MR) is 48.0 cm³/mol. The lowest BCUT2D eigenvalue weighted by Gasteiger charge is -2.11. The van der Waals surface area contributed by atoms with Crippen LogP contribution in [0.2, 0.25) is 0 Å². The number of rotatable bonds is 4. The third-order valence-corrected chi connectivity index (χ3v) is 3.45. The maximum absolute atomic E-state index is 5.59. The molecule has 2 atom stereocenters. The molecule has 0 spiro atoms. The van der Waals surface area contributed by atoms with Crippen molar-refractivity contribution < 1.29 is 0 Å². The zero-order valence-electron chi connectivity index (χ0n) is 5.73. The van der Waals surface area contributed by atoms with E-state index < -0.39 is 0 Å². The van der Waals surface area contributed by atoms with Gasteiger partial charge in [-0.2, -0.15) is 11.8 Å². The molecule has 0 amide bonds. The molecule has 0 aliphatic rings. The highest BCUT2D eigenvalue weighted by Gasteiger charge is 2.05. The molecule has 0 saturated heterocycles. The van der Waals surface area contributed by atoms with Crippen LogP contribution < -0.4 is 0 Å². The van der Waals surface area contributed by atoms with E-state index in [1.165, 1.54) is 0 Å². The molecule has 0 heterocycles. The minimum atomic E-state index is 0.528. The second-order valence-electron chi connectivity index (χ2n) is 2.07. The van der Waals surface area contributed by atoms with Crippen LogP contribution in [0.3, 0.4) is 0 Å². The minimum Gasteiger partial charge on any atom is -0.153 e. The van der Waals surface area contributed by atoms with Crippen LogP contribution in [0.5, 0.6) is 0 Å². The van der Waals surface area contributed by atoms with Gasteiger partial charge in [0, 0.05) is 22.3 Å². The van der Waals surface area contributed by atoms with E-state index in [-0.39, 0.29) is 0 Å². The molecule has 0 fully saturated rings. The fraction of sp³-hybridized carbons (Fsp3) is 1.00. The van der Waals surface area contributed by atoms with Gasteiger partial charge in [0.1, 0.15) is 0 Å². The van der Waals surface area contributed by atoms with Crippen molar-refractivity contribution in [2.24, 2.45) is 0 Å². The number of hydrogen-bond donors (Lipinski definition) is 0. The van der Waals surface area contributed by atoms with Crippen molar-refractivity contribution in [2.75, 3.05) is 11.8 Å². The summed E-state index contributed by atoms with van der Waals surface area (Å²) in [5.41, 5.74) is 0. The lowest BCUT2D eigenvalue weighted by atomic mass is 10.5. The Labute approximate surface area is 71.3 Å². The minimum absolute atomic E-state index is 0.528. The van der Waals surface area contributed by atoms with Gasteiger partial charge in [0.2, 0.25) is 0 Å². The standard InChI is InChI=1S/C6H12Cl2S/c1-5(3-7)9-6(2)4-8/h5-6H,3-4H2,1-2H3/t5-,6-/m1/s1. The molecule has 0 unspecified atom stereocenters. The summed E-state index contributed by atoms with van der Waals surface area (Å²) in [6, 6.07) is 0. The van der Waals surface area contributed by atoms with Crippen molar-refractivity contribution in [2.45, 2.75) is 24.3 Å². The first-order valence-corrected chi connectivity index (χ1v) is 4.99. The van der Waals surface area contributed by atoms with E-state index in [4.69, 9.17) is 23.2 Å². The van der Waals surface area contributed by atoms with Gasteiger partial charge < -0.3 is 0 Å². The van der Waals surface area contributed by atoms with E-state index in [0.29, 0.717) is 22.3 Å². The van der Waals surface area contributed by atoms with Crippen molar-refractivity contribution in [3.63, 3.8) is 0 Å². The Hall–Kier alpha value is 0.930. The molecule has 0 N–H and O–H groups in total. The molecule has 0 radical (unpaired) electrons. The van der Waals surface area contributed by atoms with Crippen LogP contribution in [0, 0.1) is 0 Å². The highest BCUT2D eigenvalue weighted by molar-refractivity contribution is 8.00. The molecule has 0 saturated carbocycles. The molecule has 0 aliphatic carbocycles. The summed E-state index contributed by atoms with van der Waals surface area (Å²) >= 11 is 13.0. The van der Waals surface area contributed by atoms with Crippen molar-refractivity contribution in [3.8, 4) is 0 Å². The Bertz CT molecular complexity index is 60.1. The summed E-state index contributed by atoms with van der Waals surface area (Å²) in [4.78, 5) is 0. The highest BCUT2D eigenvalue weighted by atomic mass is 35.5. The largest absolute Gasteiger partial charge is 0.153 e. The van der Waals surface area contributed by atoms with Crippen molar-refractivity contribution in [3.05, 3.63) is 0 Å². The van der Waals surface area contributed by atoms with Gasteiger partial charge in [0.25, 0.3) is 0 Å². The maximum Gasteiger partial charge on any atom is 0.0340 e. The summed E-state index contributed by atoms with van der Waals surface area (Å²) in [6.45, 7) is 4.22. The molecule has 0 aromatic heterocycles. The average molecular weight is 187 g/mol. The lowest BCUT2D eigenvalue weighted by Crippen LogP contribution is -2.06. The summed E-state index contributed by atoms with van der Waals surface area (Å²) < 4.78 is 0. The van der Waals surface area contributed by atoms with E-state index in [1.807, 2.05) is 11.8 Å². The van der Waals surface area contributed by atoms with Gasteiger partial charge >= 0.3 is 0 Å². The molecule has 3 heteroatoms. The van der Waals surface area contributed by atoms with E-state index in [2.05, 4.69) is 13.8 Å². The number of halogens is 2. The fourth-order valence-electron chi connectivity index (χ4n) is 0.469. The maximum atomic E-state index is 5.59. The van der Waals surface area contributed by atoms with Crippen LogP contribution in [0.25, 0.3) is 0 Å². The Morgan fingerprint density at radius 1 is 1.11 bits per heavy atom. The summed E-state index contributed by atoms with van der Waals surface area (Å²) in [5, 5.41) is 1.06. The first-order valence-electron chi connectivity index (χ1n) is 2.98. The molecule has 0 aromatic carbocycles. The van der Waals surface area contributed by atoms with E-state index >= 15 is 0 Å². The topological polar surface area (TPSA) is 0 Å². The van der Waals surface area contributed by atoms with Crippen LogP contribution >= 0.6 is 35.0 Å². The number of hydrogen-bond acceptors (Lipinski definition) is 1. The van der Waals surface area contributed by atoms with Gasteiger partial charge in [-0.15, -0.1) is 23.2 Å². The molecular formula is C6H12Cl2S. The van der Waals surface area contributed by atoms with Gasteiger partial charge in [-0.25, -0.2) is 0 Å². The van der Waals surface area contributed by atoms with Crippen LogP contribution in [0.1, 0.15) is 13.8 Å². The van der Waals surface area contributed by atoms with E-state index in [1.54, 1.807) is 0 Å². The molecule has 0 aromatic rings. The highest BCUT2D eigenvalue weighted by Crippen LogP contribution is 2.18. The van der Waals surface area contributed by atoms with Crippen molar-refractivity contribution in [1.82, 2.24) is 0 Å². The Kier molecular flexibility index (Phi) is 6.28. The van der Waals surface area contributed by atoms with Gasteiger partial charge in [-0.3, -0.25) is 0 Å². The average Bonchev–Trinajstić information content (AvgIpc) is 1.87. The van der Waals surface area contributed by atoms with Crippen molar-refractivity contribution >= 4 is 35.0 Å². The van der Waals surface area contributed by atoms with E-state index in [0.717, 1.165) is 0 Å². The van der Waals surface area contributed by atoms with Gasteiger partial charge in [-0.05, 0) is 0 Å². The molecule has 9 heavy (non-hydrogen) atoms. The Morgan fingerprint density at radius 2 is 1.44 bits per heavy atom. The molecule has 0 bridgehead atoms. The molecule has 0 aliphatic heterocycles. The smallest absolute Gasteiger partial charge is 0.0340 e. The molecular weight excluding hydrogens is 175 g/mol. The first-order chi connectivity index (χ1) is 4.20. The molecule has 0 nitrogen and oxygen atoms in total. The third-order valence-electron chi connectivity index (χ3n) is 0.899. The predicted octanol–water partition coefficient (Wildman–Crippen LogP) is 2.97. The van der Waals surface area contributed by atoms with Gasteiger partial charge in [0.05, 0.1) is 0 Å². The Morgan fingerprint density at radius 3 is 1.67 bits per heavy atom. The monoisotopic (exact) mass is 186 g/mol. The second-order valence-corrected chi connectivity index (χ2v) is 4.56. The molecule has 0 rings (SSSR count). The quantitative estimate of drug-likeness (QED) is 0.609. The van der Waals surface area contributed by atoms with E-state index in [9.17, 15) is 0 Å².